The predicted molar refractivity (Wildman–Crippen MR) is 368 cm³/mol. The van der Waals surface area contributed by atoms with E-state index < -0.39 is 55.5 Å². The van der Waals surface area contributed by atoms with Gasteiger partial charge in [-0.1, -0.05) is 248 Å². The topological polar surface area (TPSA) is 66.7 Å². The van der Waals surface area contributed by atoms with Crippen LogP contribution < -0.4 is 5.46 Å². The molecule has 404 valence electrons. The normalized spacial score (nSPS) is 14.3. The highest BCUT2D eigenvalue weighted by Gasteiger charge is 2.21. The molecule has 2 N–H and O–H groups in total. The molecule has 18 rings (SSSR count). The van der Waals surface area contributed by atoms with Crippen molar-refractivity contribution >= 4 is 159 Å². The maximum atomic E-state index is 9.26. The largest absolute Gasteiger partial charge is 0.488 e. The molecule has 0 aliphatic heterocycles. The van der Waals surface area contributed by atoms with E-state index in [0.29, 0.717) is 55.6 Å². The fraction of sp³-hybridized carbons (Fsp3) is 0. The van der Waals surface area contributed by atoms with Gasteiger partial charge in [-0.25, -0.2) is 0 Å². The molecule has 0 spiro atoms. The van der Waals surface area contributed by atoms with E-state index in [9.17, 15) is 15.5 Å². The van der Waals surface area contributed by atoms with Gasteiger partial charge >= 0.3 is 7.12 Å². The standard InChI is InChI=1S/C40H24O.C24H15Br.C16H11BO3/c1-2-12-27-23-38-36(22-26(27)11-1)30-21-20-28(24-37(30)41-38)39-32-15-5-7-17-34(32)40(35-18-8-6-16-33(35)39)31-19-9-13-25-10-3-4-14-29(25)31;25-24-21-13-5-3-11-19(21)23(20-12-4-6-14-22(20)24)18-15-7-9-16-8-1-2-10-17(16)18;18-17(19)12-5-6-13-14-7-10-3-1-2-4-11(10)8-15(14)20-16(13)9-12/h1-24H;1-15H;1-9,18-19H/i5D,6D,7D,8D,15D,16D,17D,18D;3D,4D,5D,6D,11D,12D,13D,14D;. The molecule has 0 unspecified atom stereocenters. The number of furan rings is 2. The van der Waals surface area contributed by atoms with Crippen molar-refractivity contribution in [1.29, 1.82) is 0 Å². The summed E-state index contributed by atoms with van der Waals surface area (Å²) in [6.07, 6.45) is 0. The zero-order chi connectivity index (χ0) is 71.3. The maximum Gasteiger partial charge on any atom is 0.488 e. The first-order valence-electron chi connectivity index (χ1n) is 35.6. The van der Waals surface area contributed by atoms with Crippen LogP contribution in [0.25, 0.3) is 163 Å². The van der Waals surface area contributed by atoms with Crippen molar-refractivity contribution in [3.63, 3.8) is 0 Å². The summed E-state index contributed by atoms with van der Waals surface area (Å²) in [6, 6.07) is 55.9. The fourth-order valence-electron chi connectivity index (χ4n) is 12.2. The summed E-state index contributed by atoms with van der Waals surface area (Å²) in [5, 5.41) is 31.5. The average Bonchev–Trinajstić information content (AvgIpc) is 0.750. The van der Waals surface area contributed by atoms with E-state index in [1.165, 1.54) is 0 Å². The smallest absolute Gasteiger partial charge is 0.456 e. The van der Waals surface area contributed by atoms with Crippen LogP contribution in [0, 0.1) is 0 Å². The van der Waals surface area contributed by atoms with Crippen LogP contribution in [-0.2, 0) is 0 Å². The molecule has 0 bridgehead atoms. The molecular formula is C80H50BBrO4. The Morgan fingerprint density at radius 3 is 1.09 bits per heavy atom. The lowest BCUT2D eigenvalue weighted by Crippen LogP contribution is -2.29. The number of hydrogen-bond acceptors (Lipinski definition) is 4. The summed E-state index contributed by atoms with van der Waals surface area (Å²) < 4.78 is 152. The third-order valence-electron chi connectivity index (χ3n) is 16.1. The Hall–Kier alpha value is -10.3. The van der Waals surface area contributed by atoms with Gasteiger partial charge in [0.25, 0.3) is 0 Å². The van der Waals surface area contributed by atoms with Crippen molar-refractivity contribution in [3.8, 4) is 33.4 Å². The summed E-state index contributed by atoms with van der Waals surface area (Å²) in [5.41, 5.74) is 5.87. The summed E-state index contributed by atoms with van der Waals surface area (Å²) in [4.78, 5) is 0. The molecule has 0 atom stereocenters. The first-order valence-corrected chi connectivity index (χ1v) is 28.4. The minimum absolute atomic E-state index is 0.174. The van der Waals surface area contributed by atoms with Crippen molar-refractivity contribution in [3.05, 3.63) is 295 Å². The molecule has 6 heteroatoms. The van der Waals surface area contributed by atoms with E-state index in [1.807, 2.05) is 158 Å². The van der Waals surface area contributed by atoms with Crippen LogP contribution in [0.1, 0.15) is 21.9 Å². The lowest BCUT2D eigenvalue weighted by molar-refractivity contribution is 0.425. The SMILES string of the molecule is OB(O)c1ccc2c(c1)oc1cc3ccccc3cc12.[2H]c1c([2H])c([2H])c2c(-c3cccc4ccccc34)c3c([2H])c([2H])c([2H])c([2H])c3c(-c3ccc4c(c3)oc3cc5ccccc5cc34)c2c1[2H].[2H]c1c([2H])c([2H])c2c(-c3cccc4ccccc34)c3c([2H])c([2H])c([2H])c([2H])c3c(Br)c2c1[2H]. The van der Waals surface area contributed by atoms with Gasteiger partial charge in [-0.05, 0) is 183 Å². The van der Waals surface area contributed by atoms with Crippen molar-refractivity contribution in [2.45, 2.75) is 0 Å². The molecule has 0 aliphatic carbocycles. The third-order valence-corrected chi connectivity index (χ3v) is 16.9. The highest BCUT2D eigenvalue weighted by Crippen LogP contribution is 2.47. The monoisotopic (exact) mass is 1180 g/mol. The minimum atomic E-state index is -1.48. The van der Waals surface area contributed by atoms with Gasteiger partial charge in [0.05, 0.1) is 21.9 Å². The van der Waals surface area contributed by atoms with Crippen molar-refractivity contribution < 1.29 is 40.8 Å². The molecule has 0 aliphatic rings. The highest BCUT2D eigenvalue weighted by molar-refractivity contribution is 9.10. The Bertz CT molecular complexity index is 6560. The Morgan fingerprint density at radius 2 is 0.640 bits per heavy atom. The third kappa shape index (κ3) is 8.68. The van der Waals surface area contributed by atoms with E-state index in [1.54, 1.807) is 18.2 Å². The molecule has 0 amide bonds. The Balaban J connectivity index is 0.000000130. The van der Waals surface area contributed by atoms with Crippen molar-refractivity contribution in [2.75, 3.05) is 0 Å². The van der Waals surface area contributed by atoms with E-state index >= 15 is 0 Å². The molecule has 0 radical (unpaired) electrons. The Labute approximate surface area is 525 Å². The molecule has 2 heterocycles. The van der Waals surface area contributed by atoms with Crippen LogP contribution >= 0.6 is 15.9 Å². The first kappa shape index (κ1) is 37.1. The molecule has 18 aromatic rings. The van der Waals surface area contributed by atoms with Gasteiger partial charge in [0.1, 0.15) is 22.3 Å². The first-order chi connectivity index (χ1) is 49.0. The van der Waals surface area contributed by atoms with E-state index in [-0.39, 0.29) is 95.9 Å². The van der Waals surface area contributed by atoms with Gasteiger partial charge in [0.2, 0.25) is 0 Å². The van der Waals surface area contributed by atoms with Gasteiger partial charge in [0.15, 0.2) is 0 Å². The van der Waals surface area contributed by atoms with Gasteiger partial charge in [-0.15, -0.1) is 0 Å². The molecular weight excluding hydrogens is 1120 g/mol. The Kier molecular flexibility index (Phi) is 9.08. The fourth-order valence-corrected chi connectivity index (χ4v) is 12.8. The van der Waals surface area contributed by atoms with Gasteiger partial charge in [-0.3, -0.25) is 0 Å². The summed E-state index contributed by atoms with van der Waals surface area (Å²) in [6.45, 7) is 0. The number of hydrogen-bond donors (Lipinski definition) is 2. The Morgan fingerprint density at radius 1 is 0.291 bits per heavy atom. The predicted octanol–water partition coefficient (Wildman–Crippen LogP) is 21.5. The second-order valence-electron chi connectivity index (χ2n) is 20.9. The summed E-state index contributed by atoms with van der Waals surface area (Å²) in [5.74, 6) is 0. The van der Waals surface area contributed by atoms with E-state index in [0.717, 1.165) is 70.2 Å². The molecule has 2 aromatic heterocycles. The number of halogens is 1. The van der Waals surface area contributed by atoms with Gasteiger partial charge in [-0.2, -0.15) is 0 Å². The quantitative estimate of drug-likeness (QED) is 0.136. The van der Waals surface area contributed by atoms with E-state index in [2.05, 4.69) is 34.1 Å². The highest BCUT2D eigenvalue weighted by atomic mass is 79.9. The molecule has 0 saturated heterocycles. The molecule has 86 heavy (non-hydrogen) atoms. The number of fused-ring (bicyclic) bond motifs is 14. The van der Waals surface area contributed by atoms with Crippen molar-refractivity contribution in [1.82, 2.24) is 0 Å². The van der Waals surface area contributed by atoms with E-state index in [4.69, 9.17) is 25.3 Å². The van der Waals surface area contributed by atoms with Gasteiger partial charge in [0, 0.05) is 26.0 Å². The second kappa shape index (κ2) is 21.1. The van der Waals surface area contributed by atoms with Crippen LogP contribution in [0.2, 0.25) is 0 Å². The minimum Gasteiger partial charge on any atom is -0.456 e. The molecule has 4 nitrogen and oxygen atoms in total. The molecule has 0 fully saturated rings. The number of benzene rings is 16. The van der Waals surface area contributed by atoms with Gasteiger partial charge < -0.3 is 18.9 Å². The van der Waals surface area contributed by atoms with Crippen LogP contribution in [0.15, 0.2) is 304 Å². The van der Waals surface area contributed by atoms with Crippen LogP contribution in [-0.4, -0.2) is 17.2 Å². The van der Waals surface area contributed by atoms with Crippen LogP contribution in [0.3, 0.4) is 0 Å². The average molecular weight is 1180 g/mol. The second-order valence-corrected chi connectivity index (χ2v) is 21.7. The summed E-state index contributed by atoms with van der Waals surface area (Å²) in [7, 11) is -1.48. The summed E-state index contributed by atoms with van der Waals surface area (Å²) >= 11 is 3.43. The maximum absolute atomic E-state index is 9.26. The molecule has 16 aromatic carbocycles. The van der Waals surface area contributed by atoms with Crippen molar-refractivity contribution in [2.24, 2.45) is 0 Å². The lowest BCUT2D eigenvalue weighted by Gasteiger charge is -2.18. The number of rotatable bonds is 4. The van der Waals surface area contributed by atoms with Crippen LogP contribution in [0.5, 0.6) is 0 Å². The lowest BCUT2D eigenvalue weighted by atomic mass is 9.80. The van der Waals surface area contributed by atoms with Crippen LogP contribution in [0.4, 0.5) is 0 Å². The zero-order valence-corrected chi connectivity index (χ0v) is 46.7. The molecule has 0 saturated carbocycles. The zero-order valence-electron chi connectivity index (χ0n) is 61.1.